The predicted molar refractivity (Wildman–Crippen MR) is 144 cm³/mol. The van der Waals surface area contributed by atoms with Crippen molar-refractivity contribution in [3.8, 4) is 16.9 Å². The van der Waals surface area contributed by atoms with Crippen LogP contribution < -0.4 is 4.74 Å². The molecule has 1 aliphatic rings. The summed E-state index contributed by atoms with van der Waals surface area (Å²) in [4.78, 5) is 0. The molecule has 1 aliphatic carbocycles. The highest BCUT2D eigenvalue weighted by atomic mass is 19.2. The molecule has 0 radical (unpaired) electrons. The van der Waals surface area contributed by atoms with Gasteiger partial charge in [0.05, 0.1) is 6.61 Å². The van der Waals surface area contributed by atoms with Crippen molar-refractivity contribution in [2.24, 2.45) is 5.92 Å². The first-order valence-electron chi connectivity index (χ1n) is 14.3. The average Bonchev–Trinajstić information content (AvgIpc) is 2.89. The summed E-state index contributed by atoms with van der Waals surface area (Å²) in [6.07, 6.45) is 19.0. The van der Waals surface area contributed by atoms with Crippen molar-refractivity contribution in [1.29, 1.82) is 0 Å². The monoisotopic (exact) mass is 484 g/mol. The van der Waals surface area contributed by atoms with Crippen LogP contribution in [0.4, 0.5) is 8.78 Å². The number of halogens is 2. The first-order valence-corrected chi connectivity index (χ1v) is 14.3. The smallest absolute Gasteiger partial charge is 0.201 e. The van der Waals surface area contributed by atoms with Crippen LogP contribution in [0.25, 0.3) is 11.1 Å². The van der Waals surface area contributed by atoms with Gasteiger partial charge in [0.2, 0.25) is 5.82 Å². The van der Waals surface area contributed by atoms with E-state index in [1.807, 2.05) is 12.1 Å². The Morgan fingerprint density at radius 1 is 0.686 bits per heavy atom. The van der Waals surface area contributed by atoms with Crippen LogP contribution in [-0.2, 0) is 0 Å². The number of hydrogen-bond donors (Lipinski definition) is 0. The van der Waals surface area contributed by atoms with Crippen molar-refractivity contribution >= 4 is 0 Å². The largest absolute Gasteiger partial charge is 0.490 e. The van der Waals surface area contributed by atoms with E-state index in [-0.39, 0.29) is 5.75 Å². The third-order valence-corrected chi connectivity index (χ3v) is 7.81. The highest BCUT2D eigenvalue weighted by Crippen LogP contribution is 2.39. The summed E-state index contributed by atoms with van der Waals surface area (Å²) >= 11 is 0. The number of hydrogen-bond acceptors (Lipinski definition) is 1. The molecule has 1 fully saturated rings. The maximum absolute atomic E-state index is 14.8. The molecular weight excluding hydrogens is 438 g/mol. The molecule has 0 spiro atoms. The molecule has 2 aromatic rings. The van der Waals surface area contributed by atoms with Crippen molar-refractivity contribution in [2.45, 2.75) is 116 Å². The van der Waals surface area contributed by atoms with Crippen molar-refractivity contribution in [3.05, 3.63) is 53.6 Å². The van der Waals surface area contributed by atoms with Gasteiger partial charge in [-0.3, -0.25) is 0 Å². The van der Waals surface area contributed by atoms with Crippen LogP contribution in [0.15, 0.2) is 36.4 Å². The highest BCUT2D eigenvalue weighted by molar-refractivity contribution is 5.65. The standard InChI is InChI=1S/C32H46F2O/c1-3-5-7-9-10-11-13-25-14-16-26(17-15-25)27-18-20-28(21-19-27)29-22-23-30(32(34)31(29)33)35-24-12-8-6-4-2/h18-23,25-26H,3-17,24H2,1-2H3. The summed E-state index contributed by atoms with van der Waals surface area (Å²) in [7, 11) is 0. The minimum Gasteiger partial charge on any atom is -0.490 e. The van der Waals surface area contributed by atoms with Gasteiger partial charge in [0.1, 0.15) is 0 Å². The van der Waals surface area contributed by atoms with Crippen LogP contribution in [0.3, 0.4) is 0 Å². The van der Waals surface area contributed by atoms with Gasteiger partial charge in [-0.05, 0) is 67.2 Å². The molecule has 0 atom stereocenters. The molecule has 2 aromatic carbocycles. The summed E-state index contributed by atoms with van der Waals surface area (Å²) in [6, 6.07) is 11.3. The summed E-state index contributed by atoms with van der Waals surface area (Å²) in [6.45, 7) is 4.84. The van der Waals surface area contributed by atoms with E-state index < -0.39 is 11.6 Å². The molecule has 0 amide bonds. The van der Waals surface area contributed by atoms with Crippen molar-refractivity contribution in [1.82, 2.24) is 0 Å². The van der Waals surface area contributed by atoms with Gasteiger partial charge < -0.3 is 4.74 Å². The van der Waals surface area contributed by atoms with Crippen molar-refractivity contribution < 1.29 is 13.5 Å². The van der Waals surface area contributed by atoms with E-state index in [0.717, 1.165) is 37.2 Å². The van der Waals surface area contributed by atoms with Crippen LogP contribution in [0.5, 0.6) is 5.75 Å². The second-order valence-corrected chi connectivity index (χ2v) is 10.5. The quantitative estimate of drug-likeness (QED) is 0.228. The Labute approximate surface area is 212 Å². The van der Waals surface area contributed by atoms with Crippen molar-refractivity contribution in [3.63, 3.8) is 0 Å². The van der Waals surface area contributed by atoms with Crippen LogP contribution in [0.1, 0.15) is 122 Å². The Balaban J connectivity index is 1.48. The fourth-order valence-electron chi connectivity index (χ4n) is 5.51. The van der Waals surface area contributed by atoms with Crippen LogP contribution in [-0.4, -0.2) is 6.61 Å². The first-order chi connectivity index (χ1) is 17.1. The van der Waals surface area contributed by atoms with E-state index in [9.17, 15) is 8.78 Å². The first kappa shape index (κ1) is 27.7. The summed E-state index contributed by atoms with van der Waals surface area (Å²) in [5.41, 5.74) is 2.35. The summed E-state index contributed by atoms with van der Waals surface area (Å²) in [5.74, 6) is -0.210. The third-order valence-electron chi connectivity index (χ3n) is 7.81. The minimum atomic E-state index is -0.884. The van der Waals surface area contributed by atoms with Gasteiger partial charge in [0.15, 0.2) is 11.6 Å². The van der Waals surface area contributed by atoms with E-state index in [1.54, 1.807) is 12.1 Å². The number of benzene rings is 2. The van der Waals surface area contributed by atoms with Gasteiger partial charge in [-0.15, -0.1) is 0 Å². The maximum Gasteiger partial charge on any atom is 0.201 e. The fraction of sp³-hybridized carbons (Fsp3) is 0.625. The molecule has 0 heterocycles. The molecule has 0 aliphatic heterocycles. The third kappa shape index (κ3) is 8.62. The van der Waals surface area contributed by atoms with E-state index in [4.69, 9.17) is 4.74 Å². The molecule has 0 N–H and O–H groups in total. The summed E-state index contributed by atoms with van der Waals surface area (Å²) in [5, 5.41) is 0. The Kier molecular flexibility index (Phi) is 12.1. The average molecular weight is 485 g/mol. The molecule has 0 saturated heterocycles. The Morgan fingerprint density at radius 2 is 1.31 bits per heavy atom. The lowest BCUT2D eigenvalue weighted by Crippen LogP contribution is -2.13. The Bertz CT molecular complexity index is 853. The van der Waals surface area contributed by atoms with Gasteiger partial charge >= 0.3 is 0 Å². The second-order valence-electron chi connectivity index (χ2n) is 10.5. The van der Waals surface area contributed by atoms with Gasteiger partial charge in [-0.25, -0.2) is 4.39 Å². The van der Waals surface area contributed by atoms with Gasteiger partial charge in [-0.1, -0.05) is 102 Å². The predicted octanol–water partition coefficient (Wildman–Crippen LogP) is 10.6. The van der Waals surface area contributed by atoms with Crippen LogP contribution >= 0.6 is 0 Å². The Hall–Kier alpha value is -1.90. The highest BCUT2D eigenvalue weighted by Gasteiger charge is 2.22. The van der Waals surface area contributed by atoms with E-state index >= 15 is 0 Å². The summed E-state index contributed by atoms with van der Waals surface area (Å²) < 4.78 is 34.9. The SMILES string of the molecule is CCCCCCCCC1CCC(c2ccc(-c3ccc(OCCCCCC)c(F)c3F)cc2)CC1. The molecule has 0 unspecified atom stereocenters. The van der Waals surface area contributed by atoms with E-state index in [1.165, 1.54) is 76.2 Å². The maximum atomic E-state index is 14.8. The molecule has 35 heavy (non-hydrogen) atoms. The normalized spacial score (nSPS) is 18.1. The molecule has 3 heteroatoms. The molecule has 1 saturated carbocycles. The van der Waals surface area contributed by atoms with Crippen LogP contribution in [0.2, 0.25) is 0 Å². The van der Waals surface area contributed by atoms with Gasteiger partial charge in [0.25, 0.3) is 0 Å². The zero-order valence-corrected chi connectivity index (χ0v) is 22.1. The van der Waals surface area contributed by atoms with E-state index in [0.29, 0.717) is 18.1 Å². The van der Waals surface area contributed by atoms with Crippen LogP contribution in [0, 0.1) is 17.6 Å². The molecule has 0 bridgehead atoms. The molecule has 1 nitrogen and oxygen atoms in total. The topological polar surface area (TPSA) is 9.23 Å². The minimum absolute atomic E-state index is 0.0112. The van der Waals surface area contributed by atoms with E-state index in [2.05, 4.69) is 26.0 Å². The molecule has 194 valence electrons. The van der Waals surface area contributed by atoms with Crippen molar-refractivity contribution in [2.75, 3.05) is 6.61 Å². The molecule has 0 aromatic heterocycles. The lowest BCUT2D eigenvalue weighted by Gasteiger charge is -2.29. The Morgan fingerprint density at radius 3 is 2.00 bits per heavy atom. The molecular formula is C32H46F2O. The zero-order chi connectivity index (χ0) is 24.9. The lowest BCUT2D eigenvalue weighted by atomic mass is 9.77. The lowest BCUT2D eigenvalue weighted by molar-refractivity contribution is 0.285. The number of rotatable bonds is 15. The molecule has 3 rings (SSSR count). The van der Waals surface area contributed by atoms with Gasteiger partial charge in [0, 0.05) is 5.56 Å². The second kappa shape index (κ2) is 15.3. The number of ether oxygens (including phenoxy) is 1. The fourth-order valence-corrected chi connectivity index (χ4v) is 5.51. The zero-order valence-electron chi connectivity index (χ0n) is 22.1. The number of unbranched alkanes of at least 4 members (excludes halogenated alkanes) is 8. The van der Waals surface area contributed by atoms with Gasteiger partial charge in [-0.2, -0.15) is 4.39 Å².